The fraction of sp³-hybridized carbons (Fsp3) is 0.235. The molecule has 43 heavy (non-hydrogen) atoms. The minimum absolute atomic E-state index is 0.0348. The molecule has 3 aromatic carbocycles. The van der Waals surface area contributed by atoms with Crippen molar-refractivity contribution in [3.8, 4) is 40.3 Å². The van der Waals surface area contributed by atoms with Crippen LogP contribution >= 0.6 is 0 Å². The molecule has 1 amide bonds. The van der Waals surface area contributed by atoms with Crippen molar-refractivity contribution < 1.29 is 29.2 Å². The molecule has 0 spiro atoms. The van der Waals surface area contributed by atoms with E-state index in [4.69, 9.17) is 24.3 Å². The lowest BCUT2D eigenvalue weighted by Crippen LogP contribution is -2.39. The summed E-state index contributed by atoms with van der Waals surface area (Å²) in [5.74, 6) is 6.95. The Morgan fingerprint density at radius 1 is 0.977 bits per heavy atom. The molecule has 0 saturated carbocycles. The second kappa shape index (κ2) is 13.3. The number of para-hydroxylation sites is 1. The average molecular weight is 580 g/mol. The zero-order valence-corrected chi connectivity index (χ0v) is 24.2. The molecule has 1 unspecified atom stereocenters. The van der Waals surface area contributed by atoms with E-state index in [2.05, 4.69) is 22.1 Å². The zero-order chi connectivity index (χ0) is 30.3. The number of H-pyrrole nitrogens is 1. The maximum absolute atomic E-state index is 13.9. The molecule has 9 heteroatoms. The van der Waals surface area contributed by atoms with Gasteiger partial charge in [0.15, 0.2) is 11.5 Å². The normalized spacial score (nSPS) is 11.6. The van der Waals surface area contributed by atoms with E-state index < -0.39 is 6.04 Å². The van der Waals surface area contributed by atoms with Crippen molar-refractivity contribution in [1.29, 1.82) is 0 Å². The fourth-order valence-corrected chi connectivity index (χ4v) is 5.08. The van der Waals surface area contributed by atoms with Crippen molar-refractivity contribution in [3.63, 3.8) is 0 Å². The Kier molecular flexibility index (Phi) is 9.11. The Balaban J connectivity index is 1.57. The minimum Gasteiger partial charge on any atom is -0.493 e. The molecule has 4 N–H and O–H groups in total. The van der Waals surface area contributed by atoms with E-state index in [1.807, 2.05) is 48.7 Å². The lowest BCUT2D eigenvalue weighted by molar-refractivity contribution is 0.0918. The van der Waals surface area contributed by atoms with Gasteiger partial charge in [0.1, 0.15) is 0 Å². The molecular weight excluding hydrogens is 546 g/mol. The lowest BCUT2D eigenvalue weighted by atomic mass is 10.00. The van der Waals surface area contributed by atoms with Gasteiger partial charge in [-0.1, -0.05) is 30.0 Å². The van der Waals surface area contributed by atoms with Crippen LogP contribution in [0.5, 0.6) is 17.2 Å². The quantitative estimate of drug-likeness (QED) is 0.180. The maximum atomic E-state index is 13.9. The smallest absolute Gasteiger partial charge is 0.252 e. The van der Waals surface area contributed by atoms with Crippen LogP contribution in [0.3, 0.4) is 0 Å². The standard InChI is InChI=1S/C34H33N3O6/c1-41-31-16-22(17-32(42-2)33(31)43-3)30-18-27(26-14-21(8-6-7-13-38)11-12-29(26)37-30)34(40)36-24(20-39)15-23-19-35-28-10-5-4-9-25(23)28/h4-5,9-12,14,16-19,24,35,38-39H,7,13,15,20H2,1-3H3,(H,36,40). The van der Waals surface area contributed by atoms with Gasteiger partial charge in [0.05, 0.1) is 57.4 Å². The van der Waals surface area contributed by atoms with Crippen LogP contribution in [-0.4, -0.2) is 66.7 Å². The van der Waals surface area contributed by atoms with E-state index in [1.54, 1.807) is 18.2 Å². The highest BCUT2D eigenvalue weighted by atomic mass is 16.5. The van der Waals surface area contributed by atoms with Crippen LogP contribution in [0.1, 0.15) is 27.9 Å². The fourth-order valence-electron chi connectivity index (χ4n) is 5.08. The third-order valence-corrected chi connectivity index (χ3v) is 7.18. The van der Waals surface area contributed by atoms with Gasteiger partial charge < -0.3 is 34.7 Å². The molecular formula is C34H33N3O6. The molecule has 0 aliphatic heterocycles. The number of hydrogen-bond acceptors (Lipinski definition) is 7. The molecule has 220 valence electrons. The number of hydrogen-bond donors (Lipinski definition) is 4. The number of aliphatic hydroxyl groups is 2. The predicted octanol–water partition coefficient (Wildman–Crippen LogP) is 4.48. The van der Waals surface area contributed by atoms with E-state index in [1.165, 1.54) is 21.3 Å². The average Bonchev–Trinajstić information content (AvgIpc) is 3.45. The molecule has 0 saturated heterocycles. The van der Waals surface area contributed by atoms with Crippen LogP contribution in [-0.2, 0) is 6.42 Å². The molecule has 9 nitrogen and oxygen atoms in total. The van der Waals surface area contributed by atoms with Crippen LogP contribution in [0.4, 0.5) is 0 Å². The number of aromatic amines is 1. The number of fused-ring (bicyclic) bond motifs is 2. The summed E-state index contributed by atoms with van der Waals surface area (Å²) in [5.41, 5.74) is 4.82. The molecule has 5 aromatic rings. The van der Waals surface area contributed by atoms with E-state index in [0.29, 0.717) is 63.4 Å². The summed E-state index contributed by atoms with van der Waals surface area (Å²) in [7, 11) is 4.61. The third-order valence-electron chi connectivity index (χ3n) is 7.18. The van der Waals surface area contributed by atoms with Gasteiger partial charge in [-0.2, -0.15) is 0 Å². The molecule has 5 rings (SSSR count). The molecule has 2 aromatic heterocycles. The largest absolute Gasteiger partial charge is 0.493 e. The van der Waals surface area contributed by atoms with Gasteiger partial charge in [-0.25, -0.2) is 4.98 Å². The van der Waals surface area contributed by atoms with Crippen molar-refractivity contribution in [2.75, 3.05) is 34.5 Å². The first-order valence-corrected chi connectivity index (χ1v) is 13.8. The summed E-state index contributed by atoms with van der Waals surface area (Å²) in [6.45, 7) is -0.279. The van der Waals surface area contributed by atoms with Crippen molar-refractivity contribution in [2.45, 2.75) is 18.9 Å². The maximum Gasteiger partial charge on any atom is 0.252 e. The Labute approximate surface area is 249 Å². The van der Waals surface area contributed by atoms with Crippen molar-refractivity contribution >= 4 is 27.7 Å². The van der Waals surface area contributed by atoms with E-state index in [0.717, 1.165) is 16.5 Å². The van der Waals surface area contributed by atoms with Crippen molar-refractivity contribution in [2.24, 2.45) is 0 Å². The van der Waals surface area contributed by atoms with Gasteiger partial charge in [0.25, 0.3) is 5.91 Å². The number of benzene rings is 3. The zero-order valence-electron chi connectivity index (χ0n) is 24.2. The number of carbonyl (C=O) groups excluding carboxylic acids is 1. The van der Waals surface area contributed by atoms with E-state index >= 15 is 0 Å². The highest BCUT2D eigenvalue weighted by Gasteiger charge is 2.21. The number of methoxy groups -OCH3 is 3. The van der Waals surface area contributed by atoms with Gasteiger partial charge in [-0.15, -0.1) is 0 Å². The highest BCUT2D eigenvalue weighted by Crippen LogP contribution is 2.41. The molecule has 0 bridgehead atoms. The van der Waals surface area contributed by atoms with Crippen molar-refractivity contribution in [1.82, 2.24) is 15.3 Å². The van der Waals surface area contributed by atoms with E-state index in [9.17, 15) is 9.90 Å². The lowest BCUT2D eigenvalue weighted by Gasteiger charge is -2.18. The molecule has 1 atom stereocenters. The number of carbonyl (C=O) groups is 1. The van der Waals surface area contributed by atoms with Crippen LogP contribution < -0.4 is 19.5 Å². The van der Waals surface area contributed by atoms with Gasteiger partial charge in [0, 0.05) is 40.0 Å². The molecule has 0 fully saturated rings. The highest BCUT2D eigenvalue weighted by molar-refractivity contribution is 6.07. The second-order valence-electron chi connectivity index (χ2n) is 9.89. The summed E-state index contributed by atoms with van der Waals surface area (Å²) in [5, 5.41) is 24.0. The number of nitrogens with one attached hydrogen (secondary N) is 2. The Morgan fingerprint density at radius 2 is 1.74 bits per heavy atom. The van der Waals surface area contributed by atoms with Crippen LogP contribution in [0.25, 0.3) is 33.1 Å². The summed E-state index contributed by atoms with van der Waals surface area (Å²) in [4.78, 5) is 22.0. The summed E-state index contributed by atoms with van der Waals surface area (Å²) in [6.07, 6.45) is 2.68. The number of pyridine rings is 1. The molecule has 0 aliphatic carbocycles. The molecule has 0 radical (unpaired) electrons. The minimum atomic E-state index is -0.535. The Hall–Kier alpha value is -5.04. The third kappa shape index (κ3) is 6.26. The summed E-state index contributed by atoms with van der Waals surface area (Å²) >= 11 is 0. The first-order valence-electron chi connectivity index (χ1n) is 13.8. The Morgan fingerprint density at radius 3 is 2.44 bits per heavy atom. The Bertz CT molecular complexity index is 1810. The van der Waals surface area contributed by atoms with Crippen LogP contribution in [0.15, 0.2) is 66.9 Å². The first kappa shape index (κ1) is 29.5. The SMILES string of the molecule is COc1cc(-c2cc(C(=O)NC(CO)Cc3c[nH]c4ccccc34)c3cc(C#CCCO)ccc3n2)cc(OC)c1OC. The summed E-state index contributed by atoms with van der Waals surface area (Å²) in [6, 6.07) is 18.1. The van der Waals surface area contributed by atoms with Gasteiger partial charge in [-0.3, -0.25) is 4.79 Å². The van der Waals surface area contributed by atoms with Gasteiger partial charge >= 0.3 is 0 Å². The predicted molar refractivity (Wildman–Crippen MR) is 166 cm³/mol. The number of rotatable bonds is 10. The number of amides is 1. The summed E-state index contributed by atoms with van der Waals surface area (Å²) < 4.78 is 16.6. The van der Waals surface area contributed by atoms with Gasteiger partial charge in [-0.05, 0) is 54.4 Å². The number of ether oxygens (including phenoxy) is 3. The second-order valence-corrected chi connectivity index (χ2v) is 9.89. The van der Waals surface area contributed by atoms with Gasteiger partial charge in [0.2, 0.25) is 5.75 Å². The number of nitrogens with zero attached hydrogens (tertiary/aromatic N) is 1. The number of aromatic nitrogens is 2. The van der Waals surface area contributed by atoms with Crippen LogP contribution in [0.2, 0.25) is 0 Å². The monoisotopic (exact) mass is 579 g/mol. The van der Waals surface area contributed by atoms with E-state index in [-0.39, 0.29) is 19.1 Å². The van der Waals surface area contributed by atoms with Crippen molar-refractivity contribution in [3.05, 3.63) is 83.6 Å². The molecule has 2 heterocycles. The van der Waals surface area contributed by atoms with Crippen LogP contribution in [0, 0.1) is 11.8 Å². The first-order chi connectivity index (χ1) is 21.0. The molecule has 0 aliphatic rings. The number of aliphatic hydroxyl groups excluding tert-OH is 2. The topological polar surface area (TPSA) is 126 Å².